The number of hydrogen-bond donors (Lipinski definition) is 0. The number of rotatable bonds is 2. The molecule has 0 saturated carbocycles. The first-order chi connectivity index (χ1) is 4.84. The lowest BCUT2D eigenvalue weighted by Crippen LogP contribution is -1.83. The van der Waals surface area contributed by atoms with Crippen LogP contribution < -0.4 is 0 Å². The maximum Gasteiger partial charge on any atom is 0.0426 e. The van der Waals surface area contributed by atoms with Gasteiger partial charge in [0.15, 0.2) is 0 Å². The van der Waals surface area contributed by atoms with Gasteiger partial charge in [0, 0.05) is 24.3 Å². The summed E-state index contributed by atoms with van der Waals surface area (Å²) < 4.78 is 1.98. The molecule has 1 heterocycles. The maximum atomic E-state index is 3.60. The van der Waals surface area contributed by atoms with Crippen molar-refractivity contribution in [3.05, 3.63) is 30.2 Å². The summed E-state index contributed by atoms with van der Waals surface area (Å²) in [6.45, 7) is 5.37. The lowest BCUT2D eigenvalue weighted by atomic mass is 10.5. The molecule has 2 nitrogen and oxygen atoms in total. The Labute approximate surface area is 60.5 Å². The Morgan fingerprint density at radius 1 is 1.70 bits per heavy atom. The van der Waals surface area contributed by atoms with E-state index in [1.165, 1.54) is 5.69 Å². The summed E-state index contributed by atoms with van der Waals surface area (Å²) >= 11 is 0. The molecule has 0 aliphatic heterocycles. The van der Waals surface area contributed by atoms with Gasteiger partial charge < -0.3 is 4.57 Å². The molecule has 52 valence electrons. The second kappa shape index (κ2) is 3.01. The lowest BCUT2D eigenvalue weighted by Gasteiger charge is -1.93. The highest BCUT2D eigenvalue weighted by atomic mass is 14.9. The summed E-state index contributed by atoms with van der Waals surface area (Å²) in [5, 5.41) is 0. The topological polar surface area (TPSA) is 17.3 Å². The second-order valence-electron chi connectivity index (χ2n) is 2.04. The van der Waals surface area contributed by atoms with Gasteiger partial charge in [0.05, 0.1) is 0 Å². The molecule has 0 aromatic carbocycles. The minimum atomic E-state index is 1.19. The zero-order chi connectivity index (χ0) is 7.40. The Balaban J connectivity index is 2.83. The summed E-state index contributed by atoms with van der Waals surface area (Å²) in [7, 11) is 0. The van der Waals surface area contributed by atoms with Crippen LogP contribution in [0.5, 0.6) is 0 Å². The molecule has 0 bridgehead atoms. The fraction of sp³-hybridized carbons (Fsp3) is 0.125. The first-order valence-electron chi connectivity index (χ1n) is 3.10. The molecule has 0 saturated heterocycles. The normalized spacial score (nSPS) is 10.5. The minimum Gasteiger partial charge on any atom is -0.326 e. The van der Waals surface area contributed by atoms with E-state index < -0.39 is 0 Å². The van der Waals surface area contributed by atoms with Crippen LogP contribution in [0.2, 0.25) is 0 Å². The predicted molar refractivity (Wildman–Crippen MR) is 44.0 cm³/mol. The molecule has 0 atom stereocenters. The number of aryl methyl sites for hydroxylation is 1. The SMILES string of the molecule is C=N/C=C\n1cccc1C. The molecule has 10 heavy (non-hydrogen) atoms. The van der Waals surface area contributed by atoms with Crippen molar-refractivity contribution in [2.24, 2.45) is 4.99 Å². The molecule has 0 spiro atoms. The minimum absolute atomic E-state index is 1.19. The first-order valence-corrected chi connectivity index (χ1v) is 3.10. The Hall–Kier alpha value is -1.31. The monoisotopic (exact) mass is 134 g/mol. The molecular weight excluding hydrogens is 124 g/mol. The third kappa shape index (κ3) is 1.35. The van der Waals surface area contributed by atoms with Gasteiger partial charge in [-0.1, -0.05) is 0 Å². The van der Waals surface area contributed by atoms with Crippen LogP contribution >= 0.6 is 0 Å². The van der Waals surface area contributed by atoms with Crippen molar-refractivity contribution in [3.63, 3.8) is 0 Å². The fourth-order valence-corrected chi connectivity index (χ4v) is 0.765. The summed E-state index contributed by atoms with van der Waals surface area (Å²) in [5.41, 5.74) is 1.19. The molecule has 0 aliphatic rings. The van der Waals surface area contributed by atoms with E-state index in [0.29, 0.717) is 0 Å². The molecule has 1 rings (SSSR count). The van der Waals surface area contributed by atoms with Crippen molar-refractivity contribution in [2.75, 3.05) is 0 Å². The Kier molecular flexibility index (Phi) is 2.05. The van der Waals surface area contributed by atoms with E-state index in [1.807, 2.05) is 36.0 Å². The van der Waals surface area contributed by atoms with E-state index in [-0.39, 0.29) is 0 Å². The highest BCUT2D eigenvalue weighted by Crippen LogP contribution is 1.99. The summed E-state index contributed by atoms with van der Waals surface area (Å²) in [6.07, 6.45) is 5.49. The fourth-order valence-electron chi connectivity index (χ4n) is 0.765. The number of nitrogens with zero attached hydrogens (tertiary/aromatic N) is 2. The zero-order valence-corrected chi connectivity index (χ0v) is 5.99. The Bertz CT molecular complexity index is 246. The van der Waals surface area contributed by atoms with Gasteiger partial charge in [-0.25, -0.2) is 0 Å². The molecule has 0 aliphatic carbocycles. The van der Waals surface area contributed by atoms with Crippen molar-refractivity contribution >= 4 is 12.9 Å². The highest BCUT2D eigenvalue weighted by Gasteiger charge is 1.86. The number of aromatic nitrogens is 1. The van der Waals surface area contributed by atoms with Crippen LogP contribution in [0.3, 0.4) is 0 Å². The predicted octanol–water partition coefficient (Wildman–Crippen LogP) is 1.93. The molecular formula is C8H10N2. The van der Waals surface area contributed by atoms with Gasteiger partial charge in [0.1, 0.15) is 0 Å². The molecule has 0 radical (unpaired) electrons. The molecule has 2 heteroatoms. The van der Waals surface area contributed by atoms with Gasteiger partial charge >= 0.3 is 0 Å². The lowest BCUT2D eigenvalue weighted by molar-refractivity contribution is 1.08. The van der Waals surface area contributed by atoms with Crippen molar-refractivity contribution in [3.8, 4) is 0 Å². The van der Waals surface area contributed by atoms with Crippen molar-refractivity contribution in [1.82, 2.24) is 4.57 Å². The van der Waals surface area contributed by atoms with Crippen LogP contribution in [0.25, 0.3) is 6.20 Å². The quantitative estimate of drug-likeness (QED) is 0.550. The molecule has 0 N–H and O–H groups in total. The molecule has 0 fully saturated rings. The molecule has 0 amide bonds. The van der Waals surface area contributed by atoms with E-state index in [0.717, 1.165) is 0 Å². The van der Waals surface area contributed by atoms with Crippen LogP contribution in [-0.2, 0) is 0 Å². The van der Waals surface area contributed by atoms with E-state index in [2.05, 4.69) is 11.7 Å². The first kappa shape index (κ1) is 6.81. The molecule has 1 aromatic heterocycles. The van der Waals surface area contributed by atoms with Crippen molar-refractivity contribution < 1.29 is 0 Å². The van der Waals surface area contributed by atoms with Gasteiger partial charge in [0.25, 0.3) is 0 Å². The largest absolute Gasteiger partial charge is 0.326 e. The van der Waals surface area contributed by atoms with Crippen LogP contribution in [0, 0.1) is 6.92 Å². The summed E-state index contributed by atoms with van der Waals surface area (Å²) in [4.78, 5) is 3.60. The van der Waals surface area contributed by atoms with Gasteiger partial charge in [-0.05, 0) is 25.8 Å². The maximum absolute atomic E-state index is 3.60. The zero-order valence-electron chi connectivity index (χ0n) is 5.99. The van der Waals surface area contributed by atoms with E-state index >= 15 is 0 Å². The third-order valence-electron chi connectivity index (χ3n) is 1.32. The number of hydrogen-bond acceptors (Lipinski definition) is 1. The molecule has 0 unspecified atom stereocenters. The van der Waals surface area contributed by atoms with Gasteiger partial charge in [-0.3, -0.25) is 4.99 Å². The Morgan fingerprint density at radius 3 is 3.00 bits per heavy atom. The van der Waals surface area contributed by atoms with Crippen LogP contribution in [0.4, 0.5) is 0 Å². The van der Waals surface area contributed by atoms with E-state index in [1.54, 1.807) is 6.20 Å². The van der Waals surface area contributed by atoms with Crippen molar-refractivity contribution in [1.29, 1.82) is 0 Å². The second-order valence-corrected chi connectivity index (χ2v) is 2.04. The molecule has 1 aromatic rings. The highest BCUT2D eigenvalue weighted by molar-refractivity contribution is 5.32. The van der Waals surface area contributed by atoms with Gasteiger partial charge in [-0.2, -0.15) is 0 Å². The van der Waals surface area contributed by atoms with Crippen LogP contribution in [-0.4, -0.2) is 11.3 Å². The van der Waals surface area contributed by atoms with Crippen molar-refractivity contribution in [2.45, 2.75) is 6.92 Å². The van der Waals surface area contributed by atoms with E-state index in [4.69, 9.17) is 0 Å². The smallest absolute Gasteiger partial charge is 0.0426 e. The van der Waals surface area contributed by atoms with Crippen LogP contribution in [0.15, 0.2) is 29.5 Å². The average Bonchev–Trinajstić information content (AvgIpc) is 2.31. The van der Waals surface area contributed by atoms with Gasteiger partial charge in [-0.15, -0.1) is 0 Å². The Morgan fingerprint density at radius 2 is 2.50 bits per heavy atom. The van der Waals surface area contributed by atoms with E-state index in [9.17, 15) is 0 Å². The summed E-state index contributed by atoms with van der Waals surface area (Å²) in [5.74, 6) is 0. The standard InChI is InChI=1S/C8H10N2/c1-8-4-3-6-10(8)7-5-9-2/h3-7H,2H2,1H3/b7-5-. The average molecular weight is 134 g/mol. The number of aliphatic imine (C=N–C) groups is 1. The van der Waals surface area contributed by atoms with Crippen LogP contribution in [0.1, 0.15) is 5.69 Å². The summed E-state index contributed by atoms with van der Waals surface area (Å²) in [6, 6.07) is 4.02. The van der Waals surface area contributed by atoms with Gasteiger partial charge in [0.2, 0.25) is 0 Å². The third-order valence-corrected chi connectivity index (χ3v) is 1.32.